The predicted octanol–water partition coefficient (Wildman–Crippen LogP) is 3.09. The van der Waals surface area contributed by atoms with Crippen LogP contribution in [0.15, 0.2) is 34.5 Å². The number of benzene rings is 1. The van der Waals surface area contributed by atoms with Crippen LogP contribution in [0, 0.1) is 0 Å². The first kappa shape index (κ1) is 22.5. The van der Waals surface area contributed by atoms with Gasteiger partial charge < -0.3 is 14.4 Å². The van der Waals surface area contributed by atoms with Gasteiger partial charge in [0.15, 0.2) is 11.5 Å². The molecule has 0 aliphatic heterocycles. The molecule has 0 fully saturated rings. The molecule has 1 aromatic heterocycles. The van der Waals surface area contributed by atoms with E-state index in [0.717, 1.165) is 21.2 Å². The van der Waals surface area contributed by atoms with Crippen molar-refractivity contribution in [2.75, 3.05) is 34.4 Å². The molecule has 2 rings (SSSR count). The summed E-state index contributed by atoms with van der Waals surface area (Å²) in [7, 11) is 0.711. The molecule has 154 valence electrons. The maximum atomic E-state index is 12.7. The van der Waals surface area contributed by atoms with Gasteiger partial charge in [-0.05, 0) is 36.8 Å². The summed E-state index contributed by atoms with van der Waals surface area (Å²) in [6.07, 6.45) is 0. The van der Waals surface area contributed by atoms with E-state index in [0.29, 0.717) is 28.9 Å². The topological polar surface area (TPSA) is 76.2 Å². The van der Waals surface area contributed by atoms with Gasteiger partial charge in [-0.2, -0.15) is 4.31 Å². The number of hydrogen-bond donors (Lipinski definition) is 0. The van der Waals surface area contributed by atoms with Gasteiger partial charge in [-0.25, -0.2) is 8.42 Å². The Hall–Kier alpha value is -1.81. The van der Waals surface area contributed by atoms with Crippen LogP contribution in [-0.4, -0.2) is 57.9 Å². The number of amides is 1. The van der Waals surface area contributed by atoms with Gasteiger partial charge in [-0.15, -0.1) is 11.3 Å². The molecule has 0 spiro atoms. The first-order valence-corrected chi connectivity index (χ1v) is 11.1. The summed E-state index contributed by atoms with van der Waals surface area (Å²) in [5.41, 5.74) is 0.850. The molecule has 7 nitrogen and oxygen atoms in total. The highest BCUT2D eigenvalue weighted by Gasteiger charge is 2.26. The number of ether oxygens (including phenoxy) is 2. The highest BCUT2D eigenvalue weighted by molar-refractivity contribution is 7.91. The van der Waals surface area contributed by atoms with Crippen molar-refractivity contribution in [3.05, 3.63) is 40.2 Å². The largest absolute Gasteiger partial charge is 0.493 e. The molecule has 0 saturated heterocycles. The number of nitrogens with zero attached hydrogens (tertiary/aromatic N) is 2. The molecule has 1 heterocycles. The van der Waals surface area contributed by atoms with Gasteiger partial charge in [-0.3, -0.25) is 4.79 Å². The maximum absolute atomic E-state index is 12.7. The Labute approximate surface area is 174 Å². The normalized spacial score (nSPS) is 11.5. The number of carbonyl (C=O) groups excluding carboxylic acids is 1. The van der Waals surface area contributed by atoms with Crippen LogP contribution in [0.1, 0.15) is 12.5 Å². The standard InChI is InChI=1S/C18H23ClN2O5S2/c1-5-21(11-13-6-7-14(25-3)15(10-13)26-4)17(22)12-20(2)28(23,24)18-9-8-16(19)27-18/h6-10H,5,11-12H2,1-4H3. The van der Waals surface area contributed by atoms with Crippen LogP contribution in [0.2, 0.25) is 4.34 Å². The molecular formula is C18H23ClN2O5S2. The Morgan fingerprint density at radius 3 is 2.36 bits per heavy atom. The molecule has 0 unspecified atom stereocenters. The molecule has 0 atom stereocenters. The molecule has 28 heavy (non-hydrogen) atoms. The van der Waals surface area contributed by atoms with Gasteiger partial charge in [0, 0.05) is 20.1 Å². The Bertz CT molecular complexity index is 930. The fourth-order valence-electron chi connectivity index (χ4n) is 2.54. The highest BCUT2D eigenvalue weighted by Crippen LogP contribution is 2.29. The number of carbonyl (C=O) groups is 1. The molecule has 10 heteroatoms. The summed E-state index contributed by atoms with van der Waals surface area (Å²) in [6, 6.07) is 8.35. The molecule has 0 aliphatic carbocycles. The first-order chi connectivity index (χ1) is 13.2. The minimum atomic E-state index is -3.76. The Morgan fingerprint density at radius 1 is 1.14 bits per heavy atom. The molecule has 0 bridgehead atoms. The van der Waals surface area contributed by atoms with Crippen molar-refractivity contribution in [1.82, 2.24) is 9.21 Å². The molecule has 0 saturated carbocycles. The minimum absolute atomic E-state index is 0.107. The van der Waals surface area contributed by atoms with Gasteiger partial charge in [-0.1, -0.05) is 17.7 Å². The van der Waals surface area contributed by atoms with E-state index in [1.54, 1.807) is 31.3 Å². The number of rotatable bonds is 9. The minimum Gasteiger partial charge on any atom is -0.493 e. The SMILES string of the molecule is CCN(Cc1ccc(OC)c(OC)c1)C(=O)CN(C)S(=O)(=O)c1ccc(Cl)s1. The van der Waals surface area contributed by atoms with E-state index < -0.39 is 10.0 Å². The van der Waals surface area contributed by atoms with Crippen LogP contribution < -0.4 is 9.47 Å². The number of hydrogen-bond acceptors (Lipinski definition) is 6. The average molecular weight is 447 g/mol. The summed E-state index contributed by atoms with van der Waals surface area (Å²) in [6.45, 7) is 2.34. The first-order valence-electron chi connectivity index (χ1n) is 8.43. The van der Waals surface area contributed by atoms with E-state index in [1.807, 2.05) is 13.0 Å². The third-order valence-electron chi connectivity index (χ3n) is 4.13. The second-order valence-corrected chi connectivity index (χ2v) is 9.90. The third-order valence-corrected chi connectivity index (χ3v) is 7.63. The van der Waals surface area contributed by atoms with Crippen molar-refractivity contribution in [1.29, 1.82) is 0 Å². The lowest BCUT2D eigenvalue weighted by Crippen LogP contribution is -2.40. The molecule has 0 aliphatic rings. The number of methoxy groups -OCH3 is 2. The quantitative estimate of drug-likeness (QED) is 0.591. The lowest BCUT2D eigenvalue weighted by atomic mass is 10.2. The molecule has 1 aromatic carbocycles. The molecule has 2 aromatic rings. The molecule has 1 amide bonds. The van der Waals surface area contributed by atoms with E-state index in [4.69, 9.17) is 21.1 Å². The van der Waals surface area contributed by atoms with E-state index in [9.17, 15) is 13.2 Å². The molecular weight excluding hydrogens is 424 g/mol. The summed E-state index contributed by atoms with van der Waals surface area (Å²) in [5, 5.41) is 0. The Kier molecular flexibility index (Phi) is 7.70. The average Bonchev–Trinajstić information content (AvgIpc) is 3.12. The zero-order valence-electron chi connectivity index (χ0n) is 16.1. The van der Waals surface area contributed by atoms with Gasteiger partial charge in [0.05, 0.1) is 25.1 Å². The Balaban J connectivity index is 2.11. The monoisotopic (exact) mass is 446 g/mol. The third kappa shape index (κ3) is 5.16. The summed E-state index contributed by atoms with van der Waals surface area (Å²) >= 11 is 6.79. The second-order valence-electron chi connectivity index (χ2n) is 5.92. The number of halogens is 1. The van der Waals surface area contributed by atoms with E-state index in [1.165, 1.54) is 19.2 Å². The van der Waals surface area contributed by atoms with E-state index in [-0.39, 0.29) is 16.7 Å². The summed E-state index contributed by atoms with van der Waals surface area (Å²) < 4.78 is 37.2. The second kappa shape index (κ2) is 9.60. The van der Waals surface area contributed by atoms with Gasteiger partial charge in [0.25, 0.3) is 10.0 Å². The van der Waals surface area contributed by atoms with E-state index >= 15 is 0 Å². The highest BCUT2D eigenvalue weighted by atomic mass is 35.5. The Morgan fingerprint density at radius 2 is 1.82 bits per heavy atom. The van der Waals surface area contributed by atoms with Crippen molar-refractivity contribution in [3.8, 4) is 11.5 Å². The molecule has 0 N–H and O–H groups in total. The van der Waals surface area contributed by atoms with Crippen LogP contribution in [-0.2, 0) is 21.4 Å². The lowest BCUT2D eigenvalue weighted by Gasteiger charge is -2.24. The fraction of sp³-hybridized carbons (Fsp3) is 0.389. The van der Waals surface area contributed by atoms with Crippen molar-refractivity contribution in [2.24, 2.45) is 0 Å². The number of likely N-dealkylation sites (N-methyl/N-ethyl adjacent to an activating group) is 2. The number of thiophene rings is 1. The van der Waals surface area contributed by atoms with Crippen LogP contribution in [0.4, 0.5) is 0 Å². The zero-order chi connectivity index (χ0) is 20.9. The van der Waals surface area contributed by atoms with Crippen LogP contribution in [0.25, 0.3) is 0 Å². The van der Waals surface area contributed by atoms with Crippen molar-refractivity contribution in [2.45, 2.75) is 17.7 Å². The lowest BCUT2D eigenvalue weighted by molar-refractivity contribution is -0.131. The summed E-state index contributed by atoms with van der Waals surface area (Å²) in [5.74, 6) is 0.866. The maximum Gasteiger partial charge on any atom is 0.252 e. The fourth-order valence-corrected chi connectivity index (χ4v) is 5.35. The molecule has 0 radical (unpaired) electrons. The zero-order valence-corrected chi connectivity index (χ0v) is 18.5. The van der Waals surface area contributed by atoms with Crippen molar-refractivity contribution < 1.29 is 22.7 Å². The van der Waals surface area contributed by atoms with Crippen molar-refractivity contribution in [3.63, 3.8) is 0 Å². The predicted molar refractivity (Wildman–Crippen MR) is 110 cm³/mol. The van der Waals surface area contributed by atoms with Crippen LogP contribution in [0.5, 0.6) is 11.5 Å². The van der Waals surface area contributed by atoms with E-state index in [2.05, 4.69) is 0 Å². The van der Waals surface area contributed by atoms with Crippen LogP contribution in [0.3, 0.4) is 0 Å². The van der Waals surface area contributed by atoms with Crippen LogP contribution >= 0.6 is 22.9 Å². The smallest absolute Gasteiger partial charge is 0.252 e. The number of sulfonamides is 1. The summed E-state index contributed by atoms with van der Waals surface area (Å²) in [4.78, 5) is 14.3. The van der Waals surface area contributed by atoms with Gasteiger partial charge in [0.2, 0.25) is 5.91 Å². The van der Waals surface area contributed by atoms with Gasteiger partial charge >= 0.3 is 0 Å². The van der Waals surface area contributed by atoms with Crippen molar-refractivity contribution >= 4 is 38.9 Å². The van der Waals surface area contributed by atoms with Gasteiger partial charge in [0.1, 0.15) is 4.21 Å².